The number of hydrogen-bond acceptors (Lipinski definition) is 4. The highest BCUT2D eigenvalue weighted by Gasteiger charge is 2.13. The Hall–Kier alpha value is -2.60. The first-order valence-electron chi connectivity index (χ1n) is 8.58. The molecular formula is C20H24N2O3S. The topological polar surface area (TPSA) is 59.6 Å². The number of nitrogens with one attached hydrogen (secondary N) is 2. The maximum atomic E-state index is 12.5. The summed E-state index contributed by atoms with van der Waals surface area (Å²) >= 11 is 5.22. The number of benzene rings is 2. The summed E-state index contributed by atoms with van der Waals surface area (Å²) in [4.78, 5) is 12.5. The summed E-state index contributed by atoms with van der Waals surface area (Å²) in [6, 6.07) is 14.8. The molecule has 1 amide bonds. The molecule has 0 aliphatic carbocycles. The van der Waals surface area contributed by atoms with E-state index in [2.05, 4.69) is 17.6 Å². The lowest BCUT2D eigenvalue weighted by atomic mass is 10.2. The molecule has 0 spiro atoms. The van der Waals surface area contributed by atoms with Crippen LogP contribution in [0.5, 0.6) is 11.5 Å². The summed E-state index contributed by atoms with van der Waals surface area (Å²) in [5, 5.41) is 6.00. The Morgan fingerprint density at radius 1 is 1.12 bits per heavy atom. The molecule has 2 aromatic carbocycles. The predicted octanol–water partition coefficient (Wildman–Crippen LogP) is 3.68. The van der Waals surface area contributed by atoms with E-state index in [9.17, 15) is 4.79 Å². The summed E-state index contributed by atoms with van der Waals surface area (Å²) in [7, 11) is 1.63. The van der Waals surface area contributed by atoms with Crippen molar-refractivity contribution >= 4 is 23.2 Å². The molecule has 138 valence electrons. The standard InChI is InChI=1S/C20H24N2O3S/c1-3-4-13-25-18-8-6-5-7-17(18)19(23)22-20(26)21-14-15-9-11-16(24-2)12-10-15/h5-12H,3-4,13-14H2,1-2H3,(H2,21,22,23,26). The summed E-state index contributed by atoms with van der Waals surface area (Å²) in [5.74, 6) is 1.07. The van der Waals surface area contributed by atoms with Gasteiger partial charge in [-0.05, 0) is 48.5 Å². The average Bonchev–Trinajstić information content (AvgIpc) is 2.67. The van der Waals surface area contributed by atoms with Gasteiger partial charge in [0.15, 0.2) is 5.11 Å². The van der Waals surface area contributed by atoms with Gasteiger partial charge in [-0.3, -0.25) is 10.1 Å². The van der Waals surface area contributed by atoms with Crippen LogP contribution in [0.15, 0.2) is 48.5 Å². The molecule has 0 radical (unpaired) electrons. The molecule has 0 aliphatic heterocycles. The van der Waals surface area contributed by atoms with Gasteiger partial charge in [0.25, 0.3) is 5.91 Å². The van der Waals surface area contributed by atoms with Crippen molar-refractivity contribution in [3.63, 3.8) is 0 Å². The minimum atomic E-state index is -0.288. The monoisotopic (exact) mass is 372 g/mol. The second-order valence-corrected chi connectivity index (χ2v) is 6.09. The summed E-state index contributed by atoms with van der Waals surface area (Å²) in [6.07, 6.45) is 1.98. The van der Waals surface area contributed by atoms with Gasteiger partial charge in [-0.15, -0.1) is 0 Å². The lowest BCUT2D eigenvalue weighted by Gasteiger charge is -2.13. The third kappa shape index (κ3) is 6.04. The van der Waals surface area contributed by atoms with Crippen molar-refractivity contribution in [3.05, 3.63) is 59.7 Å². The number of rotatable bonds is 8. The van der Waals surface area contributed by atoms with Crippen molar-refractivity contribution in [2.45, 2.75) is 26.3 Å². The van der Waals surface area contributed by atoms with E-state index in [-0.39, 0.29) is 11.0 Å². The van der Waals surface area contributed by atoms with E-state index in [1.165, 1.54) is 0 Å². The highest BCUT2D eigenvalue weighted by Crippen LogP contribution is 2.18. The second-order valence-electron chi connectivity index (χ2n) is 5.68. The van der Waals surface area contributed by atoms with E-state index in [1.807, 2.05) is 30.3 Å². The molecule has 0 aromatic heterocycles. The molecule has 0 saturated heterocycles. The zero-order valence-electron chi connectivity index (χ0n) is 15.1. The van der Waals surface area contributed by atoms with Crippen LogP contribution in [0.4, 0.5) is 0 Å². The number of ether oxygens (including phenoxy) is 2. The minimum absolute atomic E-state index is 0.272. The van der Waals surface area contributed by atoms with Crippen molar-refractivity contribution in [1.29, 1.82) is 0 Å². The summed E-state index contributed by atoms with van der Waals surface area (Å²) in [6.45, 7) is 3.19. The maximum absolute atomic E-state index is 12.5. The molecule has 0 heterocycles. The van der Waals surface area contributed by atoms with Crippen LogP contribution < -0.4 is 20.1 Å². The number of methoxy groups -OCH3 is 1. The van der Waals surface area contributed by atoms with Gasteiger partial charge in [-0.2, -0.15) is 0 Å². The number of hydrogen-bond donors (Lipinski definition) is 2. The van der Waals surface area contributed by atoms with Crippen LogP contribution in [0.25, 0.3) is 0 Å². The summed E-state index contributed by atoms with van der Waals surface area (Å²) < 4.78 is 10.8. The van der Waals surface area contributed by atoms with Crippen LogP contribution >= 0.6 is 12.2 Å². The fraction of sp³-hybridized carbons (Fsp3) is 0.300. The molecule has 2 aromatic rings. The quantitative estimate of drug-likeness (QED) is 0.547. The Balaban J connectivity index is 1.89. The maximum Gasteiger partial charge on any atom is 0.261 e. The molecule has 0 bridgehead atoms. The molecule has 2 rings (SSSR count). The van der Waals surface area contributed by atoms with E-state index < -0.39 is 0 Å². The largest absolute Gasteiger partial charge is 0.497 e. The van der Waals surface area contributed by atoms with Crippen LogP contribution in [0.2, 0.25) is 0 Å². The van der Waals surface area contributed by atoms with Crippen molar-refractivity contribution in [2.24, 2.45) is 0 Å². The number of carbonyl (C=O) groups is 1. The summed E-state index contributed by atoms with van der Waals surface area (Å²) in [5.41, 5.74) is 1.50. The first kappa shape index (κ1) is 19.7. The van der Waals surface area contributed by atoms with Gasteiger partial charge in [0.05, 0.1) is 19.3 Å². The number of amides is 1. The van der Waals surface area contributed by atoms with Gasteiger partial charge in [-0.1, -0.05) is 37.6 Å². The number of para-hydroxylation sites is 1. The van der Waals surface area contributed by atoms with Crippen LogP contribution in [0, 0.1) is 0 Å². The molecule has 6 heteroatoms. The van der Waals surface area contributed by atoms with Crippen LogP contribution in [-0.2, 0) is 6.54 Å². The lowest BCUT2D eigenvalue weighted by molar-refractivity contribution is 0.0972. The first-order valence-corrected chi connectivity index (χ1v) is 8.98. The van der Waals surface area contributed by atoms with Gasteiger partial charge in [0.1, 0.15) is 11.5 Å². The van der Waals surface area contributed by atoms with E-state index >= 15 is 0 Å². The number of thiocarbonyl (C=S) groups is 1. The third-order valence-electron chi connectivity index (χ3n) is 3.73. The van der Waals surface area contributed by atoms with Gasteiger partial charge >= 0.3 is 0 Å². The van der Waals surface area contributed by atoms with Crippen molar-refractivity contribution < 1.29 is 14.3 Å². The van der Waals surface area contributed by atoms with Gasteiger partial charge in [0.2, 0.25) is 0 Å². The normalized spacial score (nSPS) is 10.1. The third-order valence-corrected chi connectivity index (χ3v) is 3.97. The molecule has 0 atom stereocenters. The van der Waals surface area contributed by atoms with E-state index in [0.717, 1.165) is 24.2 Å². The van der Waals surface area contributed by atoms with Gasteiger partial charge in [0, 0.05) is 6.54 Å². The Labute approximate surface area is 159 Å². The minimum Gasteiger partial charge on any atom is -0.497 e. The molecule has 0 saturated carbocycles. The van der Waals surface area contributed by atoms with Gasteiger partial charge in [-0.25, -0.2) is 0 Å². The SMILES string of the molecule is CCCCOc1ccccc1C(=O)NC(=S)NCc1ccc(OC)cc1. The molecule has 0 fully saturated rings. The van der Waals surface area contributed by atoms with Crippen molar-refractivity contribution in [1.82, 2.24) is 10.6 Å². The molecule has 5 nitrogen and oxygen atoms in total. The fourth-order valence-electron chi connectivity index (χ4n) is 2.25. The lowest BCUT2D eigenvalue weighted by Crippen LogP contribution is -2.39. The number of unbranched alkanes of at least 4 members (excludes halogenated alkanes) is 1. The Bertz CT molecular complexity index is 732. The zero-order valence-corrected chi connectivity index (χ0v) is 15.9. The second kappa shape index (κ2) is 10.4. The molecule has 2 N–H and O–H groups in total. The van der Waals surface area contributed by atoms with E-state index in [1.54, 1.807) is 25.3 Å². The fourth-order valence-corrected chi connectivity index (χ4v) is 2.41. The molecule has 26 heavy (non-hydrogen) atoms. The first-order chi connectivity index (χ1) is 12.6. The highest BCUT2D eigenvalue weighted by molar-refractivity contribution is 7.80. The Morgan fingerprint density at radius 2 is 1.85 bits per heavy atom. The molecular weight excluding hydrogens is 348 g/mol. The van der Waals surface area contributed by atoms with Crippen LogP contribution in [0.1, 0.15) is 35.7 Å². The van der Waals surface area contributed by atoms with Crippen LogP contribution in [-0.4, -0.2) is 24.7 Å². The molecule has 0 aliphatic rings. The molecule has 0 unspecified atom stereocenters. The predicted molar refractivity (Wildman–Crippen MR) is 107 cm³/mol. The number of carbonyl (C=O) groups excluding carboxylic acids is 1. The smallest absolute Gasteiger partial charge is 0.261 e. The van der Waals surface area contributed by atoms with Crippen molar-refractivity contribution in [2.75, 3.05) is 13.7 Å². The zero-order chi connectivity index (χ0) is 18.8. The van der Waals surface area contributed by atoms with E-state index in [4.69, 9.17) is 21.7 Å². The Kier molecular flexibility index (Phi) is 7.89. The Morgan fingerprint density at radius 3 is 2.54 bits per heavy atom. The van der Waals surface area contributed by atoms with Crippen LogP contribution in [0.3, 0.4) is 0 Å². The van der Waals surface area contributed by atoms with Gasteiger partial charge < -0.3 is 14.8 Å². The highest BCUT2D eigenvalue weighted by atomic mass is 32.1. The van der Waals surface area contributed by atoms with E-state index in [0.29, 0.717) is 24.5 Å². The average molecular weight is 372 g/mol. The van der Waals surface area contributed by atoms with Crippen molar-refractivity contribution in [3.8, 4) is 11.5 Å².